The molecule has 0 aliphatic carbocycles. The molecule has 1 saturated heterocycles. The number of aliphatic hydroxyl groups excluding tert-OH is 3. The second kappa shape index (κ2) is 6.88. The van der Waals surface area contributed by atoms with Crippen LogP contribution in [-0.2, 0) is 20.2 Å². The number of halogens is 2. The molecule has 0 spiro atoms. The van der Waals surface area contributed by atoms with Crippen molar-refractivity contribution in [1.29, 1.82) is 0 Å². The Morgan fingerprint density at radius 3 is 2.65 bits per heavy atom. The predicted molar refractivity (Wildman–Crippen MR) is 80.6 cm³/mol. The summed E-state index contributed by atoms with van der Waals surface area (Å²) in [6, 6.07) is 0. The van der Waals surface area contributed by atoms with Crippen LogP contribution in [0.25, 0.3) is 0 Å². The number of nitrogens with zero attached hydrogens (tertiary/aromatic N) is 4. The molecular formula is C10H14Cl2N5O4PtSe. The molecule has 5 N–H and O–H groups in total. The first kappa shape index (κ1) is 18.1. The molecule has 1 aromatic rings. The maximum absolute atomic E-state index is 10.2. The fourth-order valence-corrected chi connectivity index (χ4v) is 5.75. The first-order valence-electron chi connectivity index (χ1n) is 6.34. The number of aliphatic hydroxyl groups is 3. The van der Waals surface area contributed by atoms with Crippen LogP contribution in [0.3, 0.4) is 0 Å². The fourth-order valence-electron chi connectivity index (χ4n) is 2.47. The molecule has 0 saturated carbocycles. The molecule has 23 heavy (non-hydrogen) atoms. The molecule has 0 radical (unpaired) electrons. The molecule has 9 nitrogen and oxygen atoms in total. The van der Waals surface area contributed by atoms with Crippen molar-refractivity contribution in [2.75, 3.05) is 6.61 Å². The number of ether oxygens (including phenoxy) is 1. The molecule has 5 atom stereocenters. The van der Waals surface area contributed by atoms with E-state index in [2.05, 4.69) is 26.0 Å². The predicted octanol–water partition coefficient (Wildman–Crippen LogP) is -2.21. The average Bonchev–Trinajstić information content (AvgIpc) is 2.98. The SMILES string of the molecule is NC1c2nc([SeH])n([C@@H]3O[C@H](CO)C(O)C3O)c2N=C[N]1[Pt]([Cl])[Cl]. The third-order valence-corrected chi connectivity index (χ3v) is 8.06. The van der Waals surface area contributed by atoms with Gasteiger partial charge in [0.05, 0.1) is 0 Å². The monoisotopic (exact) mass is 613 g/mol. The third kappa shape index (κ3) is 2.99. The summed E-state index contributed by atoms with van der Waals surface area (Å²) in [6.45, 7) is -0.414. The van der Waals surface area contributed by atoms with E-state index < -0.39 is 52.8 Å². The normalized spacial score (nSPS) is 34.0. The van der Waals surface area contributed by atoms with Crippen molar-refractivity contribution < 1.29 is 35.5 Å². The summed E-state index contributed by atoms with van der Waals surface area (Å²) in [5.74, 6) is 0.394. The van der Waals surface area contributed by atoms with Gasteiger partial charge < -0.3 is 0 Å². The Morgan fingerprint density at radius 2 is 2.09 bits per heavy atom. The van der Waals surface area contributed by atoms with Gasteiger partial charge >= 0.3 is 154 Å². The van der Waals surface area contributed by atoms with E-state index in [4.69, 9.17) is 29.3 Å². The van der Waals surface area contributed by atoms with Crippen LogP contribution in [0.2, 0.25) is 0 Å². The van der Waals surface area contributed by atoms with E-state index in [1.165, 1.54) is 10.9 Å². The number of aromatic nitrogens is 2. The molecule has 0 bridgehead atoms. The summed E-state index contributed by atoms with van der Waals surface area (Å²) in [6.07, 6.45) is -3.47. The number of fused-ring (bicyclic) bond motifs is 1. The molecule has 1 aromatic heterocycles. The number of imidazole rings is 1. The minimum absolute atomic E-state index is 0.394. The summed E-state index contributed by atoms with van der Waals surface area (Å²) in [5, 5.41) is 29.3. The zero-order valence-electron chi connectivity index (χ0n) is 11.3. The Morgan fingerprint density at radius 1 is 1.39 bits per heavy atom. The van der Waals surface area contributed by atoms with Gasteiger partial charge in [-0.1, -0.05) is 0 Å². The van der Waals surface area contributed by atoms with E-state index in [-0.39, 0.29) is 0 Å². The molecule has 3 unspecified atom stereocenters. The van der Waals surface area contributed by atoms with E-state index in [0.717, 1.165) is 0 Å². The molecule has 133 valence electrons. The molecule has 0 aromatic carbocycles. The van der Waals surface area contributed by atoms with Crippen molar-refractivity contribution in [2.45, 2.75) is 30.7 Å². The Kier molecular flexibility index (Phi) is 5.40. The average molecular weight is 613 g/mol. The summed E-state index contributed by atoms with van der Waals surface area (Å²) in [5.41, 5.74) is 6.57. The van der Waals surface area contributed by atoms with Gasteiger partial charge in [0, 0.05) is 0 Å². The molecule has 2 aliphatic rings. The van der Waals surface area contributed by atoms with Crippen LogP contribution < -0.4 is 10.5 Å². The molecular weight excluding hydrogens is 599 g/mol. The van der Waals surface area contributed by atoms with Gasteiger partial charge in [-0.3, -0.25) is 0 Å². The van der Waals surface area contributed by atoms with E-state index in [0.29, 0.717) is 16.2 Å². The zero-order chi connectivity index (χ0) is 16.9. The number of hydrogen-bond acceptors (Lipinski definition) is 8. The topological polar surface area (TPSA) is 129 Å². The Balaban J connectivity index is 2.00. The first-order valence-corrected chi connectivity index (χ1v) is 13.9. The van der Waals surface area contributed by atoms with Gasteiger partial charge in [-0.15, -0.1) is 0 Å². The Bertz CT molecular complexity index is 635. The van der Waals surface area contributed by atoms with Crippen LogP contribution in [0.5, 0.6) is 0 Å². The van der Waals surface area contributed by atoms with E-state index in [1.54, 1.807) is 3.46 Å². The van der Waals surface area contributed by atoms with Crippen molar-refractivity contribution in [1.82, 2.24) is 13.0 Å². The zero-order valence-corrected chi connectivity index (χ0v) is 17.0. The van der Waals surface area contributed by atoms with E-state index >= 15 is 0 Å². The second-order valence-corrected chi connectivity index (χ2v) is 12.7. The van der Waals surface area contributed by atoms with Crippen molar-refractivity contribution in [3.63, 3.8) is 0 Å². The number of aliphatic imine (C=N–C) groups is 1. The van der Waals surface area contributed by atoms with Crippen molar-refractivity contribution in [3.05, 3.63) is 5.69 Å². The summed E-state index contributed by atoms with van der Waals surface area (Å²) in [4.78, 5) is 8.62. The van der Waals surface area contributed by atoms with Gasteiger partial charge in [0.2, 0.25) is 0 Å². The molecule has 3 heterocycles. The van der Waals surface area contributed by atoms with Crippen LogP contribution in [0, 0.1) is 0 Å². The maximum atomic E-state index is 10.2. The third-order valence-electron chi connectivity index (χ3n) is 3.60. The van der Waals surface area contributed by atoms with Gasteiger partial charge in [0.25, 0.3) is 0 Å². The van der Waals surface area contributed by atoms with Gasteiger partial charge in [-0.05, 0) is 0 Å². The number of rotatable bonds is 3. The van der Waals surface area contributed by atoms with Gasteiger partial charge in [-0.2, -0.15) is 0 Å². The summed E-state index contributed by atoms with van der Waals surface area (Å²) < 4.78 is 9.06. The summed E-state index contributed by atoms with van der Waals surface area (Å²) in [7, 11) is 12.0. The van der Waals surface area contributed by atoms with Crippen molar-refractivity contribution in [2.24, 2.45) is 10.7 Å². The van der Waals surface area contributed by atoms with Crippen LogP contribution in [0.1, 0.15) is 18.1 Å². The molecule has 2 aliphatic heterocycles. The molecule has 1 fully saturated rings. The first-order chi connectivity index (χ1) is 10.9. The van der Waals surface area contributed by atoms with Crippen molar-refractivity contribution in [3.8, 4) is 0 Å². The number of hydrogen-bond donors (Lipinski definition) is 4. The van der Waals surface area contributed by atoms with Crippen LogP contribution in [0.4, 0.5) is 5.82 Å². The van der Waals surface area contributed by atoms with Gasteiger partial charge in [-0.25, -0.2) is 0 Å². The fraction of sp³-hybridized carbons (Fsp3) is 0.600. The standard InChI is InChI=1S/C10H14N5O4Se.2ClH.Pt/c11-7-4-8(13-2-12-7)15(10(20)14-4)9-6(18)5(17)3(1-16)19-9;;;/h2-3,5-7,9,16-18H,1,11H2,(H-,12,13,14,20);2*1H;/q-1;;;+3/p-2/t3-,5?,6?,7?,9-;;;/m1.../s1. The Hall–Kier alpha value is 0.268. The van der Waals surface area contributed by atoms with Gasteiger partial charge in [0.15, 0.2) is 0 Å². The molecule has 3 rings (SSSR count). The Labute approximate surface area is 153 Å². The van der Waals surface area contributed by atoms with E-state index in [1.807, 2.05) is 0 Å². The molecule has 0 amide bonds. The summed E-state index contributed by atoms with van der Waals surface area (Å²) >= 11 is -0.195. The second-order valence-electron chi connectivity index (χ2n) is 4.87. The molecule has 13 heteroatoms. The van der Waals surface area contributed by atoms with Crippen LogP contribution >= 0.6 is 18.8 Å². The van der Waals surface area contributed by atoms with Crippen LogP contribution in [-0.4, -0.2) is 75.6 Å². The minimum atomic E-state index is -2.42. The van der Waals surface area contributed by atoms with Crippen LogP contribution in [0.15, 0.2) is 4.99 Å². The number of nitrogens with two attached hydrogens (primary N) is 1. The van der Waals surface area contributed by atoms with E-state index in [9.17, 15) is 15.3 Å². The van der Waals surface area contributed by atoms with Gasteiger partial charge in [0.1, 0.15) is 0 Å². The van der Waals surface area contributed by atoms with Crippen molar-refractivity contribution >= 4 is 51.7 Å². The quantitative estimate of drug-likeness (QED) is 0.285.